The second-order valence-corrected chi connectivity index (χ2v) is 4.92. The van der Waals surface area contributed by atoms with Crippen molar-refractivity contribution < 1.29 is 4.79 Å². The van der Waals surface area contributed by atoms with Crippen molar-refractivity contribution in [2.45, 2.75) is 26.3 Å². The standard InChI is InChI=1S/C12H20N2OS.ClH/c1-4-10(11-6-5-7-16-11)14-12(15)9(2)8-13-3;/h5-7,9-10,13H,4,8H2,1-3H3,(H,14,15);1H. The molecule has 1 aromatic heterocycles. The summed E-state index contributed by atoms with van der Waals surface area (Å²) in [5, 5.41) is 8.14. The number of thiophene rings is 1. The lowest BCUT2D eigenvalue weighted by molar-refractivity contribution is -0.125. The maximum absolute atomic E-state index is 11.9. The number of nitrogens with one attached hydrogen (secondary N) is 2. The molecule has 2 atom stereocenters. The lowest BCUT2D eigenvalue weighted by Crippen LogP contribution is -2.36. The summed E-state index contributed by atoms with van der Waals surface area (Å²) >= 11 is 1.69. The van der Waals surface area contributed by atoms with Crippen LogP contribution in [-0.2, 0) is 4.79 Å². The highest BCUT2D eigenvalue weighted by molar-refractivity contribution is 7.10. The van der Waals surface area contributed by atoms with E-state index in [0.717, 1.165) is 6.42 Å². The Hall–Kier alpha value is -0.580. The van der Waals surface area contributed by atoms with Gasteiger partial charge in [0.2, 0.25) is 5.91 Å². The first kappa shape index (κ1) is 16.4. The second kappa shape index (κ2) is 8.50. The molecule has 0 spiro atoms. The van der Waals surface area contributed by atoms with Crippen LogP contribution in [0.5, 0.6) is 0 Å². The van der Waals surface area contributed by atoms with Crippen LogP contribution in [0.4, 0.5) is 0 Å². The van der Waals surface area contributed by atoms with Crippen LogP contribution >= 0.6 is 23.7 Å². The molecule has 0 aromatic carbocycles. The summed E-state index contributed by atoms with van der Waals surface area (Å²) in [5.41, 5.74) is 0. The fourth-order valence-corrected chi connectivity index (χ4v) is 2.44. The Morgan fingerprint density at radius 3 is 2.71 bits per heavy atom. The Bertz CT molecular complexity index is 316. The van der Waals surface area contributed by atoms with Crippen molar-refractivity contribution >= 4 is 29.7 Å². The van der Waals surface area contributed by atoms with Crippen molar-refractivity contribution in [2.75, 3.05) is 13.6 Å². The molecule has 1 rings (SSSR count). The van der Waals surface area contributed by atoms with E-state index in [2.05, 4.69) is 23.6 Å². The van der Waals surface area contributed by atoms with E-state index in [1.807, 2.05) is 25.4 Å². The first-order chi connectivity index (χ1) is 7.69. The summed E-state index contributed by atoms with van der Waals surface area (Å²) in [6.45, 7) is 4.74. The zero-order chi connectivity index (χ0) is 12.0. The minimum absolute atomic E-state index is 0. The molecule has 0 aliphatic rings. The molecular weight excluding hydrogens is 256 g/mol. The molecule has 3 nitrogen and oxygen atoms in total. The molecule has 98 valence electrons. The molecule has 0 bridgehead atoms. The highest BCUT2D eigenvalue weighted by Crippen LogP contribution is 2.21. The van der Waals surface area contributed by atoms with E-state index in [1.54, 1.807) is 11.3 Å². The smallest absolute Gasteiger partial charge is 0.224 e. The third kappa shape index (κ3) is 5.06. The number of halogens is 1. The molecule has 2 unspecified atom stereocenters. The van der Waals surface area contributed by atoms with Gasteiger partial charge in [0.15, 0.2) is 0 Å². The summed E-state index contributed by atoms with van der Waals surface area (Å²) in [6, 6.07) is 4.25. The molecule has 2 N–H and O–H groups in total. The highest BCUT2D eigenvalue weighted by Gasteiger charge is 2.17. The molecule has 0 saturated heterocycles. The average Bonchev–Trinajstić information content (AvgIpc) is 2.79. The Morgan fingerprint density at radius 1 is 1.53 bits per heavy atom. The summed E-state index contributed by atoms with van der Waals surface area (Å²) in [4.78, 5) is 13.1. The third-order valence-corrected chi connectivity index (χ3v) is 3.56. The van der Waals surface area contributed by atoms with Crippen LogP contribution < -0.4 is 10.6 Å². The van der Waals surface area contributed by atoms with Gasteiger partial charge >= 0.3 is 0 Å². The van der Waals surface area contributed by atoms with Crippen molar-refractivity contribution in [2.24, 2.45) is 5.92 Å². The van der Waals surface area contributed by atoms with E-state index < -0.39 is 0 Å². The van der Waals surface area contributed by atoms with Crippen LogP contribution in [0, 0.1) is 5.92 Å². The summed E-state index contributed by atoms with van der Waals surface area (Å²) < 4.78 is 0. The maximum atomic E-state index is 11.9. The summed E-state index contributed by atoms with van der Waals surface area (Å²) in [6.07, 6.45) is 0.929. The molecule has 1 aromatic rings. The van der Waals surface area contributed by atoms with Crippen LogP contribution in [0.1, 0.15) is 31.2 Å². The van der Waals surface area contributed by atoms with Gasteiger partial charge in [-0.15, -0.1) is 23.7 Å². The number of hydrogen-bond acceptors (Lipinski definition) is 3. The van der Waals surface area contributed by atoms with Gasteiger partial charge in [-0.25, -0.2) is 0 Å². The topological polar surface area (TPSA) is 41.1 Å². The van der Waals surface area contributed by atoms with Gasteiger partial charge in [-0.2, -0.15) is 0 Å². The van der Waals surface area contributed by atoms with Gasteiger partial charge in [0.1, 0.15) is 0 Å². The Kier molecular flexibility index (Phi) is 8.21. The molecule has 17 heavy (non-hydrogen) atoms. The normalized spacial score (nSPS) is 13.6. The van der Waals surface area contributed by atoms with E-state index in [-0.39, 0.29) is 30.3 Å². The van der Waals surface area contributed by atoms with E-state index in [1.165, 1.54) is 4.88 Å². The minimum Gasteiger partial charge on any atom is -0.348 e. The minimum atomic E-state index is 0. The molecule has 0 aliphatic heterocycles. The highest BCUT2D eigenvalue weighted by atomic mass is 35.5. The van der Waals surface area contributed by atoms with Crippen LogP contribution in [0.25, 0.3) is 0 Å². The van der Waals surface area contributed by atoms with Crippen LogP contribution in [0.15, 0.2) is 17.5 Å². The largest absolute Gasteiger partial charge is 0.348 e. The monoisotopic (exact) mass is 276 g/mol. The zero-order valence-electron chi connectivity index (χ0n) is 10.5. The van der Waals surface area contributed by atoms with Crippen molar-refractivity contribution in [3.8, 4) is 0 Å². The van der Waals surface area contributed by atoms with Gasteiger partial charge in [-0.05, 0) is 24.9 Å². The van der Waals surface area contributed by atoms with Crippen molar-refractivity contribution in [3.63, 3.8) is 0 Å². The molecular formula is C12H21ClN2OS. The Balaban J connectivity index is 0.00000256. The van der Waals surface area contributed by atoms with Crippen molar-refractivity contribution in [1.82, 2.24) is 10.6 Å². The van der Waals surface area contributed by atoms with E-state index in [4.69, 9.17) is 0 Å². The maximum Gasteiger partial charge on any atom is 0.224 e. The molecule has 1 heterocycles. The third-order valence-electron chi connectivity index (χ3n) is 2.57. The number of amides is 1. The van der Waals surface area contributed by atoms with E-state index >= 15 is 0 Å². The zero-order valence-corrected chi connectivity index (χ0v) is 12.2. The van der Waals surface area contributed by atoms with Crippen LogP contribution in [0.3, 0.4) is 0 Å². The van der Waals surface area contributed by atoms with Gasteiger partial charge in [0, 0.05) is 17.3 Å². The predicted octanol–water partition coefficient (Wildman–Crippen LogP) is 2.59. The quantitative estimate of drug-likeness (QED) is 0.839. The number of hydrogen-bond donors (Lipinski definition) is 2. The molecule has 0 radical (unpaired) electrons. The molecule has 0 saturated carbocycles. The first-order valence-corrected chi connectivity index (χ1v) is 6.55. The molecule has 1 amide bonds. The summed E-state index contributed by atoms with van der Waals surface area (Å²) in [7, 11) is 1.86. The van der Waals surface area contributed by atoms with Crippen molar-refractivity contribution in [3.05, 3.63) is 22.4 Å². The average molecular weight is 277 g/mol. The first-order valence-electron chi connectivity index (χ1n) is 5.67. The molecule has 0 fully saturated rings. The number of carbonyl (C=O) groups excluding carboxylic acids is 1. The number of carbonyl (C=O) groups is 1. The fourth-order valence-electron chi connectivity index (χ4n) is 1.58. The van der Waals surface area contributed by atoms with Gasteiger partial charge in [0.05, 0.1) is 6.04 Å². The predicted molar refractivity (Wildman–Crippen MR) is 75.8 cm³/mol. The lowest BCUT2D eigenvalue weighted by atomic mass is 10.1. The lowest BCUT2D eigenvalue weighted by Gasteiger charge is -2.18. The van der Waals surface area contributed by atoms with E-state index in [0.29, 0.717) is 6.54 Å². The van der Waals surface area contributed by atoms with Crippen LogP contribution in [0.2, 0.25) is 0 Å². The van der Waals surface area contributed by atoms with Gasteiger partial charge in [-0.1, -0.05) is 19.9 Å². The Labute approximate surface area is 113 Å². The molecule has 5 heteroatoms. The van der Waals surface area contributed by atoms with Gasteiger partial charge in [-0.3, -0.25) is 4.79 Å². The second-order valence-electron chi connectivity index (χ2n) is 3.94. The Morgan fingerprint density at radius 2 is 2.24 bits per heavy atom. The van der Waals surface area contributed by atoms with Crippen molar-refractivity contribution in [1.29, 1.82) is 0 Å². The van der Waals surface area contributed by atoms with E-state index in [9.17, 15) is 4.79 Å². The summed E-state index contributed by atoms with van der Waals surface area (Å²) in [5.74, 6) is 0.133. The van der Waals surface area contributed by atoms with Gasteiger partial charge < -0.3 is 10.6 Å². The van der Waals surface area contributed by atoms with Crippen LogP contribution in [-0.4, -0.2) is 19.5 Å². The molecule has 0 aliphatic carbocycles. The fraction of sp³-hybridized carbons (Fsp3) is 0.583. The number of rotatable bonds is 6. The SMILES string of the molecule is CCC(NC(=O)C(C)CNC)c1cccs1.Cl. The van der Waals surface area contributed by atoms with Gasteiger partial charge in [0.25, 0.3) is 0 Å².